The van der Waals surface area contributed by atoms with Crippen LogP contribution in [0.4, 0.5) is 4.79 Å². The Morgan fingerprint density at radius 3 is 2.67 bits per heavy atom. The molecule has 1 aromatic carbocycles. The molecule has 2 N–H and O–H groups in total. The van der Waals surface area contributed by atoms with Gasteiger partial charge in [-0.15, -0.1) is 6.58 Å². The molecule has 0 spiro atoms. The van der Waals surface area contributed by atoms with E-state index in [9.17, 15) is 9.59 Å². The quantitative estimate of drug-likeness (QED) is 0.624. The van der Waals surface area contributed by atoms with Crippen LogP contribution < -0.4 is 10.6 Å². The van der Waals surface area contributed by atoms with E-state index in [-0.39, 0.29) is 11.7 Å². The molecule has 0 bridgehead atoms. The van der Waals surface area contributed by atoms with Gasteiger partial charge >= 0.3 is 6.03 Å². The summed E-state index contributed by atoms with van der Waals surface area (Å²) in [7, 11) is 0. The van der Waals surface area contributed by atoms with Crippen LogP contribution in [0.2, 0.25) is 0 Å². The van der Waals surface area contributed by atoms with Gasteiger partial charge in [-0.05, 0) is 37.1 Å². The highest BCUT2D eigenvalue weighted by Gasteiger charge is 2.11. The van der Waals surface area contributed by atoms with Gasteiger partial charge in [-0.25, -0.2) is 9.78 Å². The van der Waals surface area contributed by atoms with Crippen molar-refractivity contribution in [3.05, 3.63) is 54.4 Å². The van der Waals surface area contributed by atoms with Gasteiger partial charge in [-0.1, -0.05) is 23.9 Å². The Kier molecular flexibility index (Phi) is 6.20. The number of aryl methyl sites for hydroxylation is 2. The molecule has 0 saturated heterocycles. The number of imidazole rings is 1. The minimum absolute atomic E-state index is 0.101. The molecule has 0 aliphatic heterocycles. The van der Waals surface area contributed by atoms with E-state index >= 15 is 0 Å². The standard InChI is InChI=1S/C17H20N4O2S/c1-4-5-18-16(23)20-15(22)11-24-17-19-6-7-21(17)14-9-12(2)8-13(3)10-14/h4,6-10H,1,5,11H2,2-3H3,(H2,18,20,22,23). The second-order valence-corrected chi connectivity index (χ2v) is 6.20. The Morgan fingerprint density at radius 2 is 2.00 bits per heavy atom. The lowest BCUT2D eigenvalue weighted by molar-refractivity contribution is -0.117. The van der Waals surface area contributed by atoms with E-state index in [4.69, 9.17) is 0 Å². The lowest BCUT2D eigenvalue weighted by atomic mass is 10.1. The number of carbonyl (C=O) groups excluding carboxylic acids is 2. The molecule has 0 radical (unpaired) electrons. The molecule has 2 aromatic rings. The van der Waals surface area contributed by atoms with Crippen molar-refractivity contribution in [1.82, 2.24) is 20.2 Å². The Labute approximate surface area is 145 Å². The minimum atomic E-state index is -0.529. The fourth-order valence-electron chi connectivity index (χ4n) is 2.18. The molecule has 0 saturated carbocycles. The van der Waals surface area contributed by atoms with Gasteiger partial charge in [0.15, 0.2) is 5.16 Å². The number of benzene rings is 1. The average Bonchev–Trinajstić information content (AvgIpc) is 2.98. The van der Waals surface area contributed by atoms with E-state index in [1.807, 2.05) is 24.6 Å². The fourth-order valence-corrected chi connectivity index (χ4v) is 2.96. The number of imide groups is 1. The van der Waals surface area contributed by atoms with Gasteiger partial charge in [0.2, 0.25) is 5.91 Å². The monoisotopic (exact) mass is 344 g/mol. The van der Waals surface area contributed by atoms with Gasteiger partial charge in [0.05, 0.1) is 5.75 Å². The maximum atomic E-state index is 11.8. The summed E-state index contributed by atoms with van der Waals surface area (Å²) in [6, 6.07) is 5.68. The predicted octanol–water partition coefficient (Wildman–Crippen LogP) is 2.59. The molecule has 1 heterocycles. The number of amides is 3. The zero-order chi connectivity index (χ0) is 17.5. The van der Waals surface area contributed by atoms with Crippen molar-refractivity contribution < 1.29 is 9.59 Å². The van der Waals surface area contributed by atoms with Crippen LogP contribution in [-0.4, -0.2) is 33.8 Å². The van der Waals surface area contributed by atoms with Gasteiger partial charge in [0.1, 0.15) is 0 Å². The van der Waals surface area contributed by atoms with Crippen molar-refractivity contribution in [3.63, 3.8) is 0 Å². The van der Waals surface area contributed by atoms with Crippen LogP contribution in [0.25, 0.3) is 5.69 Å². The van der Waals surface area contributed by atoms with Crippen molar-refractivity contribution in [2.75, 3.05) is 12.3 Å². The van der Waals surface area contributed by atoms with Crippen LogP contribution in [0, 0.1) is 13.8 Å². The number of thioether (sulfide) groups is 1. The Hall–Kier alpha value is -2.54. The van der Waals surface area contributed by atoms with Crippen molar-refractivity contribution in [3.8, 4) is 5.69 Å². The summed E-state index contributed by atoms with van der Waals surface area (Å²) in [6.45, 7) is 7.87. The SMILES string of the molecule is C=CCNC(=O)NC(=O)CSc1nccn1-c1cc(C)cc(C)c1. The normalized spacial score (nSPS) is 10.2. The van der Waals surface area contributed by atoms with E-state index in [1.165, 1.54) is 11.8 Å². The number of hydrogen-bond acceptors (Lipinski definition) is 4. The van der Waals surface area contributed by atoms with Gasteiger partial charge in [-0.2, -0.15) is 0 Å². The molecule has 7 heteroatoms. The first-order valence-electron chi connectivity index (χ1n) is 7.43. The summed E-state index contributed by atoms with van der Waals surface area (Å²) < 4.78 is 1.93. The summed E-state index contributed by atoms with van der Waals surface area (Å²) in [5, 5.41) is 5.44. The molecule has 24 heavy (non-hydrogen) atoms. The lowest BCUT2D eigenvalue weighted by Gasteiger charge is -2.10. The van der Waals surface area contributed by atoms with Crippen molar-refractivity contribution in [1.29, 1.82) is 0 Å². The molecule has 0 unspecified atom stereocenters. The van der Waals surface area contributed by atoms with Gasteiger partial charge < -0.3 is 5.32 Å². The van der Waals surface area contributed by atoms with Crippen LogP contribution in [0.15, 0.2) is 48.4 Å². The van der Waals surface area contributed by atoms with Crippen LogP contribution in [0.3, 0.4) is 0 Å². The number of rotatable bonds is 6. The first-order valence-corrected chi connectivity index (χ1v) is 8.41. The third kappa shape index (κ3) is 4.99. The molecule has 1 aromatic heterocycles. The van der Waals surface area contributed by atoms with Gasteiger partial charge in [0.25, 0.3) is 0 Å². The molecular weight excluding hydrogens is 324 g/mol. The summed E-state index contributed by atoms with van der Waals surface area (Å²) in [5.41, 5.74) is 3.31. The molecule has 126 valence electrons. The summed E-state index contributed by atoms with van der Waals surface area (Å²) >= 11 is 1.27. The zero-order valence-electron chi connectivity index (χ0n) is 13.7. The first kappa shape index (κ1) is 17.8. The second kappa shape index (κ2) is 8.35. The number of hydrogen-bond donors (Lipinski definition) is 2. The van der Waals surface area contributed by atoms with Crippen LogP contribution in [-0.2, 0) is 4.79 Å². The van der Waals surface area contributed by atoms with Crippen molar-refractivity contribution in [2.24, 2.45) is 0 Å². The minimum Gasteiger partial charge on any atom is -0.334 e. The third-order valence-electron chi connectivity index (χ3n) is 3.08. The third-order valence-corrected chi connectivity index (χ3v) is 4.05. The van der Waals surface area contributed by atoms with E-state index in [0.29, 0.717) is 11.7 Å². The fraction of sp³-hybridized carbons (Fsp3) is 0.235. The highest BCUT2D eigenvalue weighted by molar-refractivity contribution is 7.99. The smallest absolute Gasteiger partial charge is 0.321 e. The van der Waals surface area contributed by atoms with E-state index in [1.54, 1.807) is 12.3 Å². The molecule has 0 atom stereocenters. The number of aromatic nitrogens is 2. The maximum absolute atomic E-state index is 11.8. The lowest BCUT2D eigenvalue weighted by Crippen LogP contribution is -2.40. The average molecular weight is 344 g/mol. The topological polar surface area (TPSA) is 76.0 Å². The molecule has 2 rings (SSSR count). The molecule has 6 nitrogen and oxygen atoms in total. The summed E-state index contributed by atoms with van der Waals surface area (Å²) in [4.78, 5) is 27.5. The van der Waals surface area contributed by atoms with E-state index in [0.717, 1.165) is 16.8 Å². The second-order valence-electron chi connectivity index (χ2n) is 5.26. The molecule has 0 aliphatic rings. The number of nitrogens with one attached hydrogen (secondary N) is 2. The number of nitrogens with zero attached hydrogens (tertiary/aromatic N) is 2. The first-order chi connectivity index (χ1) is 11.5. The van der Waals surface area contributed by atoms with E-state index in [2.05, 4.69) is 40.4 Å². The van der Waals surface area contributed by atoms with Gasteiger partial charge in [-0.3, -0.25) is 14.7 Å². The molecule has 0 fully saturated rings. The molecule has 3 amide bonds. The van der Waals surface area contributed by atoms with Crippen LogP contribution in [0.5, 0.6) is 0 Å². The number of urea groups is 1. The highest BCUT2D eigenvalue weighted by atomic mass is 32.2. The summed E-state index contributed by atoms with van der Waals surface area (Å²) in [5.74, 6) is -0.278. The van der Waals surface area contributed by atoms with E-state index < -0.39 is 6.03 Å². The molecular formula is C17H20N4O2S. The Bertz CT molecular complexity index is 735. The highest BCUT2D eigenvalue weighted by Crippen LogP contribution is 2.21. The van der Waals surface area contributed by atoms with Crippen molar-refractivity contribution >= 4 is 23.7 Å². The predicted molar refractivity (Wildman–Crippen MR) is 95.5 cm³/mol. The van der Waals surface area contributed by atoms with Crippen LogP contribution >= 0.6 is 11.8 Å². The Balaban J connectivity index is 1.99. The van der Waals surface area contributed by atoms with Gasteiger partial charge in [0, 0.05) is 24.6 Å². The summed E-state index contributed by atoms with van der Waals surface area (Å²) in [6.07, 6.45) is 5.08. The Morgan fingerprint density at radius 1 is 1.29 bits per heavy atom. The van der Waals surface area contributed by atoms with Crippen molar-refractivity contribution in [2.45, 2.75) is 19.0 Å². The largest absolute Gasteiger partial charge is 0.334 e. The molecule has 0 aliphatic carbocycles. The zero-order valence-corrected chi connectivity index (χ0v) is 14.5. The van der Waals surface area contributed by atoms with Crippen LogP contribution in [0.1, 0.15) is 11.1 Å². The number of carbonyl (C=O) groups is 2. The maximum Gasteiger partial charge on any atom is 0.321 e.